The summed E-state index contributed by atoms with van der Waals surface area (Å²) in [5.41, 5.74) is -0.544. The number of aryl methyl sites for hydroxylation is 1. The van der Waals surface area contributed by atoms with E-state index >= 15 is 0 Å². The molecule has 21 heteroatoms. The van der Waals surface area contributed by atoms with Gasteiger partial charge in [0, 0.05) is 45.0 Å². The highest BCUT2D eigenvalue weighted by molar-refractivity contribution is 6.74. The summed E-state index contributed by atoms with van der Waals surface area (Å²) in [7, 11) is 4.78. The third-order valence-corrected chi connectivity index (χ3v) is 25.3. The molecule has 0 radical (unpaired) electrons. The lowest BCUT2D eigenvalue weighted by Crippen LogP contribution is -2.65. The molecule has 0 aromatic carbocycles. The van der Waals surface area contributed by atoms with Gasteiger partial charge in [-0.25, -0.2) is 4.68 Å². The summed E-state index contributed by atoms with van der Waals surface area (Å²) in [6, 6.07) is -0.477. The number of carbonyl (C=O) groups excluding carboxylic acids is 2. The van der Waals surface area contributed by atoms with Gasteiger partial charge in [-0.05, 0) is 174 Å². The third kappa shape index (κ3) is 15.9. The monoisotopic (exact) mass is 1210 g/mol. The molecule has 482 valence electrons. The Morgan fingerprint density at radius 3 is 2.19 bits per heavy atom. The van der Waals surface area contributed by atoms with E-state index in [1.807, 2.05) is 58.1 Å². The zero-order valence-electron chi connectivity index (χ0n) is 53.9. The van der Waals surface area contributed by atoms with Crippen molar-refractivity contribution in [1.29, 1.82) is 0 Å². The van der Waals surface area contributed by atoms with Crippen molar-refractivity contribution in [2.75, 3.05) is 28.3 Å². The number of hydrogen-bond donors (Lipinski definition) is 3. The normalized spacial score (nSPS) is 43.8. The molecule has 8 fully saturated rings. The smallest absolute Gasteiger partial charge is 0.308 e. The fourth-order valence-electron chi connectivity index (χ4n) is 15.7. The Hall–Kier alpha value is -2.74. The third-order valence-electron chi connectivity index (χ3n) is 20.8. The largest absolute Gasteiger partial charge is 0.462 e. The van der Waals surface area contributed by atoms with Crippen molar-refractivity contribution in [3.8, 4) is 0 Å². The van der Waals surface area contributed by atoms with Crippen LogP contribution in [0.15, 0.2) is 30.5 Å². The van der Waals surface area contributed by atoms with Crippen LogP contribution < -0.4 is 5.32 Å². The van der Waals surface area contributed by atoms with E-state index in [2.05, 4.69) is 80.3 Å². The zero-order chi connectivity index (χ0) is 61.3. The van der Waals surface area contributed by atoms with E-state index in [9.17, 15) is 19.8 Å². The average Bonchev–Trinajstić information content (AvgIpc) is 1.83. The number of ether oxygens (including phenoxy) is 10. The van der Waals surface area contributed by atoms with E-state index in [0.29, 0.717) is 32.1 Å². The van der Waals surface area contributed by atoms with E-state index in [1.54, 1.807) is 21.0 Å². The molecule has 85 heavy (non-hydrogen) atoms. The van der Waals surface area contributed by atoms with E-state index in [0.717, 1.165) is 36.3 Å². The number of methoxy groups -OCH3 is 1. The van der Waals surface area contributed by atoms with Crippen LogP contribution in [-0.4, -0.2) is 189 Å². The first-order valence-electron chi connectivity index (χ1n) is 32.3. The highest BCUT2D eigenvalue weighted by Crippen LogP contribution is 2.58. The van der Waals surface area contributed by atoms with Gasteiger partial charge in [-0.3, -0.25) is 9.59 Å². The number of fused-ring (bicyclic) bond motifs is 3. The summed E-state index contributed by atoms with van der Waals surface area (Å²) in [6.07, 6.45) is 10.8. The molecule has 1 aromatic heterocycles. The number of nitrogens with one attached hydrogen (secondary N) is 1. The van der Waals surface area contributed by atoms with Gasteiger partial charge < -0.3 is 72.2 Å². The molecule has 1 aromatic rings. The van der Waals surface area contributed by atoms with Gasteiger partial charge in [0.2, 0.25) is 0 Å². The van der Waals surface area contributed by atoms with Crippen LogP contribution in [0.25, 0.3) is 0 Å². The second kappa shape index (κ2) is 27.8. The average molecular weight is 1210 g/mol. The summed E-state index contributed by atoms with van der Waals surface area (Å²) in [6.45, 7) is 22.3. The number of aliphatic hydroxyl groups is 2. The molecule has 10 rings (SSSR count). The minimum absolute atomic E-state index is 0.0151. The van der Waals surface area contributed by atoms with Crippen LogP contribution >= 0.6 is 0 Å². The summed E-state index contributed by atoms with van der Waals surface area (Å²) in [4.78, 5) is 29.4. The van der Waals surface area contributed by atoms with Gasteiger partial charge in [-0.15, -0.1) is 5.10 Å². The second-order valence-electron chi connectivity index (χ2n) is 29.0. The van der Waals surface area contributed by atoms with Gasteiger partial charge in [0.25, 0.3) is 0 Å². The standard InChI is InChI=1S/C64H107N5O15Si/c1-37-26-45-30-53(84-85(14,15)62(6,7)8)80-49(31-51(71)75-38(2)20-17-16-18-22-48(37)79-52-25-24-47(65-10)39(3)76-52)59(74-13)58(45)83-61-56(72)55(68(11)12)57(40(4)78-61)82-54-35-63(9,73)60(41(5)77-54)81-50(70)23-19-21-46-36-69(67-66-46)64-32-42-27-43(33-64)29-44(28-42)34-64/h16-18,22,36-45,47-49,52-61,65,72-73H,19-21,23-35H2,1-15H3/b17-16-,22-18-/t37-,38-,39-,40-,41+,42?,43?,44?,45-,47+,48+,49-,52+,53?,54+,55-,56-,57-,58+,59+,60+,61+,63-,64?/m1/s1. The van der Waals surface area contributed by atoms with E-state index in [-0.39, 0.29) is 59.9 Å². The predicted molar refractivity (Wildman–Crippen MR) is 320 cm³/mol. The van der Waals surface area contributed by atoms with E-state index in [1.165, 1.54) is 38.5 Å². The quantitative estimate of drug-likeness (QED) is 0.0986. The number of carbonyl (C=O) groups is 2. The molecule has 0 amide bonds. The van der Waals surface area contributed by atoms with Crippen molar-refractivity contribution in [3.05, 3.63) is 36.2 Å². The topological polar surface area (TPSA) is 222 Å². The first-order valence-corrected chi connectivity index (χ1v) is 35.2. The summed E-state index contributed by atoms with van der Waals surface area (Å²) >= 11 is 0. The molecule has 5 aliphatic heterocycles. The van der Waals surface area contributed by atoms with Gasteiger partial charge in [-0.2, -0.15) is 0 Å². The second-order valence-corrected chi connectivity index (χ2v) is 33.8. The van der Waals surface area contributed by atoms with Gasteiger partial charge in [-0.1, -0.05) is 57.2 Å². The number of hydrogen-bond acceptors (Lipinski definition) is 19. The molecular weight excluding hydrogens is 1110 g/mol. The van der Waals surface area contributed by atoms with Crippen molar-refractivity contribution >= 4 is 20.3 Å². The summed E-state index contributed by atoms with van der Waals surface area (Å²) < 4.78 is 75.4. The summed E-state index contributed by atoms with van der Waals surface area (Å²) in [5.74, 6) is 1.06. The molecule has 4 aliphatic carbocycles. The van der Waals surface area contributed by atoms with Crippen LogP contribution in [0.2, 0.25) is 18.1 Å². The van der Waals surface area contributed by atoms with Gasteiger partial charge in [0.05, 0.1) is 60.3 Å². The predicted octanol–water partition coefficient (Wildman–Crippen LogP) is 8.26. The Bertz CT molecular complexity index is 2380. The molecule has 9 aliphatic rings. The Balaban J connectivity index is 0.895. The number of esters is 2. The fourth-order valence-corrected chi connectivity index (χ4v) is 16.9. The summed E-state index contributed by atoms with van der Waals surface area (Å²) in [5, 5.41) is 37.1. The van der Waals surface area contributed by atoms with E-state index < -0.39 is 112 Å². The molecule has 4 saturated heterocycles. The van der Waals surface area contributed by atoms with Crippen LogP contribution in [0.4, 0.5) is 0 Å². The SMILES string of the molecule is CN[C@H]1CC[C@H](O[C@H]2/C=C\C=C/C[C@@H](C)OC(=O)C[C@H]3OC(O[Si](C)(C)C(C)(C)C)C[C@@H](C[C@H]2C)[C@H](O[C@@H]2O[C@H](C)[C@@H](O[C@H]4C[C@@](C)(O)[C@@H](OC(=O)CCCc5cn(C67CC8CC(CC(C8)C6)C7)nn5)[C@H](C)O4)[C@H](N(C)C)[C@H]2O)[C@H]3OC)O[C@@H]1C. The van der Waals surface area contributed by atoms with Crippen LogP contribution in [-0.2, 0) is 73.3 Å². The maximum absolute atomic E-state index is 14.0. The van der Waals surface area contributed by atoms with Crippen molar-refractivity contribution in [1.82, 2.24) is 25.2 Å². The molecular formula is C64H107N5O15Si. The van der Waals surface area contributed by atoms with Gasteiger partial charge >= 0.3 is 11.9 Å². The van der Waals surface area contributed by atoms with Crippen molar-refractivity contribution in [2.24, 2.45) is 29.6 Å². The highest BCUT2D eigenvalue weighted by Gasteiger charge is 2.56. The minimum Gasteiger partial charge on any atom is -0.462 e. The van der Waals surface area contributed by atoms with Crippen molar-refractivity contribution in [2.45, 2.75) is 299 Å². The van der Waals surface area contributed by atoms with Crippen LogP contribution in [0.3, 0.4) is 0 Å². The number of aliphatic hydroxyl groups excluding tert-OH is 1. The highest BCUT2D eigenvalue weighted by atomic mass is 28.4. The van der Waals surface area contributed by atoms with Crippen molar-refractivity contribution in [3.63, 3.8) is 0 Å². The van der Waals surface area contributed by atoms with Crippen LogP contribution in [0, 0.1) is 29.6 Å². The van der Waals surface area contributed by atoms with Gasteiger partial charge in [0.1, 0.15) is 36.3 Å². The lowest BCUT2D eigenvalue weighted by atomic mass is 9.53. The Morgan fingerprint density at radius 1 is 0.859 bits per heavy atom. The van der Waals surface area contributed by atoms with Crippen LogP contribution in [0.5, 0.6) is 0 Å². The Morgan fingerprint density at radius 2 is 1.55 bits per heavy atom. The Labute approximate surface area is 507 Å². The number of likely N-dealkylation sites (N-methyl/N-ethyl adjacent to an activating group) is 2. The lowest BCUT2D eigenvalue weighted by Gasteiger charge is -2.56. The molecule has 20 nitrogen and oxygen atoms in total. The minimum atomic E-state index is -2.49. The molecule has 20 atom stereocenters. The molecule has 3 N–H and O–H groups in total. The number of aromatic nitrogens is 3. The number of rotatable bonds is 17. The molecule has 1 unspecified atom stereocenters. The van der Waals surface area contributed by atoms with Gasteiger partial charge in [0.15, 0.2) is 33.3 Å². The lowest BCUT2D eigenvalue weighted by molar-refractivity contribution is -0.343. The maximum atomic E-state index is 14.0. The number of allylic oxidation sites excluding steroid dienone is 2. The number of nitrogens with zero attached hydrogens (tertiary/aromatic N) is 4. The fraction of sp³-hybridized carbons (Fsp3) is 0.875. The molecule has 6 heterocycles. The maximum Gasteiger partial charge on any atom is 0.308 e. The Kier molecular flexibility index (Phi) is 21.8. The molecule has 0 spiro atoms. The van der Waals surface area contributed by atoms with E-state index in [4.69, 9.17) is 51.8 Å². The zero-order valence-corrected chi connectivity index (χ0v) is 54.9. The first kappa shape index (κ1) is 66.7. The van der Waals surface area contributed by atoms with Crippen LogP contribution in [0.1, 0.15) is 164 Å². The first-order chi connectivity index (χ1) is 40.1. The molecule has 6 bridgehead atoms. The van der Waals surface area contributed by atoms with Crippen molar-refractivity contribution < 1.29 is 71.6 Å². The number of cyclic esters (lactones) is 1. The molecule has 4 saturated carbocycles.